The summed E-state index contributed by atoms with van der Waals surface area (Å²) in [6.07, 6.45) is 1.08. The molecule has 2 rings (SSSR count). The minimum Gasteiger partial charge on any atom is -0.496 e. The van der Waals surface area contributed by atoms with Crippen molar-refractivity contribution in [1.29, 1.82) is 0 Å². The van der Waals surface area contributed by atoms with E-state index >= 15 is 0 Å². The number of hydrogen-bond acceptors (Lipinski definition) is 4. The van der Waals surface area contributed by atoms with Crippen LogP contribution >= 0.6 is 0 Å². The molecule has 0 bridgehead atoms. The van der Waals surface area contributed by atoms with E-state index in [1.807, 2.05) is 7.05 Å². The zero-order chi connectivity index (χ0) is 16.3. The van der Waals surface area contributed by atoms with Gasteiger partial charge in [-0.2, -0.15) is 0 Å². The van der Waals surface area contributed by atoms with Crippen LogP contribution in [0.3, 0.4) is 0 Å². The molecular formula is C16H23FN2O3. The summed E-state index contributed by atoms with van der Waals surface area (Å²) in [7, 11) is 6.91. The molecule has 0 N–H and O–H groups in total. The molecular weight excluding hydrogens is 287 g/mol. The number of carbonyl (C=O) groups is 1. The molecule has 22 heavy (non-hydrogen) atoms. The molecule has 1 aromatic rings. The lowest BCUT2D eigenvalue weighted by molar-refractivity contribution is 0.0756. The van der Waals surface area contributed by atoms with E-state index in [0.717, 1.165) is 13.0 Å². The third-order valence-electron chi connectivity index (χ3n) is 4.21. The third-order valence-corrected chi connectivity index (χ3v) is 4.21. The summed E-state index contributed by atoms with van der Waals surface area (Å²) in [6, 6.07) is 4.20. The standard InChI is InChI=1S/C16H23FN2O3/c1-18-10-13(21-3)8-12(18)9-19(2)16(20)14-7-11(17)5-6-15(14)22-4/h5-7,12-13H,8-10H2,1-4H3/t12-,13-/m0/s1. The molecule has 6 heteroatoms. The van der Waals surface area contributed by atoms with Gasteiger partial charge in [0.15, 0.2) is 0 Å². The van der Waals surface area contributed by atoms with E-state index < -0.39 is 5.82 Å². The van der Waals surface area contributed by atoms with Crippen molar-refractivity contribution in [2.45, 2.75) is 18.6 Å². The largest absolute Gasteiger partial charge is 0.496 e. The fourth-order valence-corrected chi connectivity index (χ4v) is 2.86. The second-order valence-corrected chi connectivity index (χ2v) is 5.72. The average molecular weight is 310 g/mol. The monoisotopic (exact) mass is 310 g/mol. The topological polar surface area (TPSA) is 42.0 Å². The SMILES string of the molecule is COc1ccc(F)cc1C(=O)N(C)C[C@@H]1C[C@H](OC)CN1C. The number of rotatable bonds is 5. The minimum absolute atomic E-state index is 0.196. The zero-order valence-corrected chi connectivity index (χ0v) is 13.5. The van der Waals surface area contributed by atoms with Crippen LogP contribution in [0, 0.1) is 5.82 Å². The summed E-state index contributed by atoms with van der Waals surface area (Å²) in [5.41, 5.74) is 0.244. The van der Waals surface area contributed by atoms with Crippen LogP contribution in [-0.2, 0) is 4.74 Å². The Hall–Kier alpha value is -1.66. The van der Waals surface area contributed by atoms with E-state index in [0.29, 0.717) is 12.3 Å². The van der Waals surface area contributed by atoms with Crippen LogP contribution in [0.1, 0.15) is 16.8 Å². The first-order valence-electron chi connectivity index (χ1n) is 7.28. The average Bonchev–Trinajstić information content (AvgIpc) is 2.86. The van der Waals surface area contributed by atoms with Crippen molar-refractivity contribution in [3.63, 3.8) is 0 Å². The molecule has 0 aliphatic carbocycles. The Morgan fingerprint density at radius 1 is 1.45 bits per heavy atom. The first kappa shape index (κ1) is 16.7. The van der Waals surface area contributed by atoms with E-state index in [9.17, 15) is 9.18 Å². The Bertz CT molecular complexity index is 538. The van der Waals surface area contributed by atoms with Crippen molar-refractivity contribution in [1.82, 2.24) is 9.80 Å². The van der Waals surface area contributed by atoms with E-state index in [-0.39, 0.29) is 23.6 Å². The third kappa shape index (κ3) is 3.56. The lowest BCUT2D eigenvalue weighted by Gasteiger charge is -2.26. The van der Waals surface area contributed by atoms with Gasteiger partial charge in [-0.1, -0.05) is 0 Å². The maximum absolute atomic E-state index is 13.4. The van der Waals surface area contributed by atoms with Crippen LogP contribution < -0.4 is 4.74 Å². The van der Waals surface area contributed by atoms with Gasteiger partial charge in [-0.3, -0.25) is 9.69 Å². The molecule has 0 radical (unpaired) electrons. The van der Waals surface area contributed by atoms with Gasteiger partial charge in [-0.05, 0) is 31.7 Å². The highest BCUT2D eigenvalue weighted by molar-refractivity contribution is 5.96. The molecule has 1 heterocycles. The van der Waals surface area contributed by atoms with E-state index in [1.165, 1.54) is 25.3 Å². The lowest BCUT2D eigenvalue weighted by atomic mass is 10.1. The van der Waals surface area contributed by atoms with Gasteiger partial charge in [0.1, 0.15) is 11.6 Å². The van der Waals surface area contributed by atoms with Gasteiger partial charge >= 0.3 is 0 Å². The van der Waals surface area contributed by atoms with Gasteiger partial charge in [0.25, 0.3) is 5.91 Å². The zero-order valence-electron chi connectivity index (χ0n) is 13.5. The number of likely N-dealkylation sites (tertiary alicyclic amines) is 1. The highest BCUT2D eigenvalue weighted by Crippen LogP contribution is 2.23. The number of carbonyl (C=O) groups excluding carboxylic acids is 1. The molecule has 0 spiro atoms. The number of benzene rings is 1. The maximum atomic E-state index is 13.4. The summed E-state index contributed by atoms with van der Waals surface area (Å²) in [4.78, 5) is 16.3. The Morgan fingerprint density at radius 2 is 2.18 bits per heavy atom. The van der Waals surface area contributed by atoms with Gasteiger partial charge in [0, 0.05) is 33.3 Å². The second kappa shape index (κ2) is 7.07. The van der Waals surface area contributed by atoms with Crippen molar-refractivity contribution in [2.24, 2.45) is 0 Å². The van der Waals surface area contributed by atoms with Crippen LogP contribution in [0.4, 0.5) is 4.39 Å². The molecule has 1 aromatic carbocycles. The number of amides is 1. The summed E-state index contributed by atoms with van der Waals surface area (Å²) in [5.74, 6) is -0.312. The molecule has 0 unspecified atom stereocenters. The first-order chi connectivity index (χ1) is 10.5. The first-order valence-corrected chi connectivity index (χ1v) is 7.28. The van der Waals surface area contributed by atoms with Crippen LogP contribution in [0.5, 0.6) is 5.75 Å². The summed E-state index contributed by atoms with van der Waals surface area (Å²) >= 11 is 0. The summed E-state index contributed by atoms with van der Waals surface area (Å²) in [6.45, 7) is 1.42. The number of methoxy groups -OCH3 is 2. The van der Waals surface area contributed by atoms with Gasteiger partial charge in [0.05, 0.1) is 18.8 Å². The quantitative estimate of drug-likeness (QED) is 0.829. The molecule has 122 valence electrons. The van der Waals surface area contributed by atoms with Crippen molar-refractivity contribution in [2.75, 3.05) is 41.4 Å². The Balaban J connectivity index is 2.08. The fourth-order valence-electron chi connectivity index (χ4n) is 2.86. The lowest BCUT2D eigenvalue weighted by Crippen LogP contribution is -2.39. The Kier molecular flexibility index (Phi) is 5.37. The van der Waals surface area contributed by atoms with Crippen molar-refractivity contribution < 1.29 is 18.7 Å². The second-order valence-electron chi connectivity index (χ2n) is 5.72. The highest BCUT2D eigenvalue weighted by atomic mass is 19.1. The normalized spacial score (nSPS) is 21.9. The number of hydrogen-bond donors (Lipinski definition) is 0. The minimum atomic E-state index is -0.449. The summed E-state index contributed by atoms with van der Waals surface area (Å²) in [5, 5.41) is 0. The Morgan fingerprint density at radius 3 is 2.77 bits per heavy atom. The maximum Gasteiger partial charge on any atom is 0.257 e. The number of halogens is 1. The predicted octanol–water partition coefficient (Wildman–Crippen LogP) is 1.63. The molecule has 0 aromatic heterocycles. The van der Waals surface area contributed by atoms with Crippen molar-refractivity contribution in [3.8, 4) is 5.75 Å². The van der Waals surface area contributed by atoms with E-state index in [4.69, 9.17) is 9.47 Å². The summed E-state index contributed by atoms with van der Waals surface area (Å²) < 4.78 is 23.9. The fraction of sp³-hybridized carbons (Fsp3) is 0.562. The van der Waals surface area contributed by atoms with Gasteiger partial charge in [0.2, 0.25) is 0 Å². The van der Waals surface area contributed by atoms with Gasteiger partial charge in [-0.15, -0.1) is 0 Å². The molecule has 1 fully saturated rings. The van der Waals surface area contributed by atoms with Crippen molar-refractivity contribution >= 4 is 5.91 Å². The van der Waals surface area contributed by atoms with E-state index in [1.54, 1.807) is 19.1 Å². The van der Waals surface area contributed by atoms with Gasteiger partial charge < -0.3 is 14.4 Å². The predicted molar refractivity (Wildman–Crippen MR) is 81.7 cm³/mol. The molecule has 2 atom stereocenters. The molecule has 1 aliphatic rings. The van der Waals surface area contributed by atoms with Crippen LogP contribution in [0.25, 0.3) is 0 Å². The number of likely N-dealkylation sites (N-methyl/N-ethyl adjacent to an activating group) is 2. The number of nitrogens with zero attached hydrogens (tertiary/aromatic N) is 2. The smallest absolute Gasteiger partial charge is 0.257 e. The van der Waals surface area contributed by atoms with Gasteiger partial charge in [-0.25, -0.2) is 4.39 Å². The van der Waals surface area contributed by atoms with Crippen LogP contribution in [0.15, 0.2) is 18.2 Å². The molecule has 5 nitrogen and oxygen atoms in total. The molecule has 1 amide bonds. The Labute approximate surface area is 130 Å². The highest BCUT2D eigenvalue weighted by Gasteiger charge is 2.31. The molecule has 1 aliphatic heterocycles. The van der Waals surface area contributed by atoms with Crippen LogP contribution in [0.2, 0.25) is 0 Å². The molecule has 0 saturated carbocycles. The van der Waals surface area contributed by atoms with Crippen LogP contribution in [-0.4, -0.2) is 69.3 Å². The van der Waals surface area contributed by atoms with E-state index in [2.05, 4.69) is 4.90 Å². The number of ether oxygens (including phenoxy) is 2. The molecule has 1 saturated heterocycles. The van der Waals surface area contributed by atoms with Crippen molar-refractivity contribution in [3.05, 3.63) is 29.6 Å².